The van der Waals surface area contributed by atoms with Gasteiger partial charge in [0.05, 0.1) is 5.02 Å². The van der Waals surface area contributed by atoms with Crippen LogP contribution in [0.2, 0.25) is 5.02 Å². The van der Waals surface area contributed by atoms with Crippen LogP contribution in [-0.4, -0.2) is 17.9 Å². The first-order chi connectivity index (χ1) is 15.1. The minimum absolute atomic E-state index is 0.0121. The van der Waals surface area contributed by atoms with E-state index in [9.17, 15) is 4.79 Å². The van der Waals surface area contributed by atoms with E-state index in [4.69, 9.17) is 11.6 Å². The van der Waals surface area contributed by atoms with Crippen LogP contribution in [0.5, 0.6) is 0 Å². The lowest BCUT2D eigenvalue weighted by Gasteiger charge is -2.40. The van der Waals surface area contributed by atoms with Crippen molar-refractivity contribution in [1.82, 2.24) is 5.32 Å². The van der Waals surface area contributed by atoms with E-state index in [0.717, 1.165) is 32.2 Å². The van der Waals surface area contributed by atoms with E-state index < -0.39 is 0 Å². The molecule has 0 saturated carbocycles. The summed E-state index contributed by atoms with van der Waals surface area (Å²) < 4.78 is 0. The van der Waals surface area contributed by atoms with Crippen LogP contribution in [-0.2, 0) is 0 Å². The van der Waals surface area contributed by atoms with Gasteiger partial charge in [0.25, 0.3) is 0 Å². The van der Waals surface area contributed by atoms with Crippen molar-refractivity contribution in [2.45, 2.75) is 44.1 Å². The van der Waals surface area contributed by atoms with Crippen LogP contribution < -0.4 is 5.32 Å². The van der Waals surface area contributed by atoms with Crippen LogP contribution in [0.25, 0.3) is 0 Å². The summed E-state index contributed by atoms with van der Waals surface area (Å²) in [5.74, 6) is 0.541. The van der Waals surface area contributed by atoms with Gasteiger partial charge in [-0.3, -0.25) is 4.79 Å². The Hall–Kier alpha value is -2.42. The number of piperidine rings is 1. The van der Waals surface area contributed by atoms with Crippen LogP contribution in [0.15, 0.2) is 84.9 Å². The van der Waals surface area contributed by atoms with Crippen molar-refractivity contribution in [2.75, 3.05) is 6.54 Å². The van der Waals surface area contributed by atoms with Crippen molar-refractivity contribution in [2.24, 2.45) is 5.92 Å². The fourth-order valence-corrected chi connectivity index (χ4v) is 5.15. The highest BCUT2D eigenvalue weighted by molar-refractivity contribution is 6.34. The molecular formula is C28H30ClNO. The van der Waals surface area contributed by atoms with Crippen molar-refractivity contribution in [3.63, 3.8) is 0 Å². The Morgan fingerprint density at radius 3 is 2.16 bits per heavy atom. The largest absolute Gasteiger partial charge is 0.311 e. The predicted molar refractivity (Wildman–Crippen MR) is 129 cm³/mol. The first kappa shape index (κ1) is 21.8. The molecule has 1 aliphatic rings. The third-order valence-electron chi connectivity index (χ3n) is 6.64. The minimum Gasteiger partial charge on any atom is -0.311 e. The summed E-state index contributed by atoms with van der Waals surface area (Å²) in [6.07, 6.45) is 3.74. The Morgan fingerprint density at radius 2 is 1.55 bits per heavy atom. The summed E-state index contributed by atoms with van der Waals surface area (Å²) in [4.78, 5) is 13.2. The van der Waals surface area contributed by atoms with Crippen molar-refractivity contribution in [3.05, 3.63) is 107 Å². The minimum atomic E-state index is -0.0678. The molecule has 4 rings (SSSR count). The second-order valence-corrected chi connectivity index (χ2v) is 9.34. The summed E-state index contributed by atoms with van der Waals surface area (Å²) in [5.41, 5.74) is 3.28. The number of hydrogen-bond acceptors (Lipinski definition) is 2. The zero-order chi connectivity index (χ0) is 21.7. The van der Waals surface area contributed by atoms with Crippen molar-refractivity contribution >= 4 is 17.4 Å². The number of Topliss-reactive ketones (excluding diaryl/α,β-unsaturated/α-hetero) is 1. The first-order valence-corrected chi connectivity index (χ1v) is 11.6. The predicted octanol–water partition coefficient (Wildman–Crippen LogP) is 6.89. The molecule has 2 atom stereocenters. The average Bonchev–Trinajstić information content (AvgIpc) is 2.80. The fraction of sp³-hybridized carbons (Fsp3) is 0.321. The lowest BCUT2D eigenvalue weighted by molar-refractivity contribution is 0.0833. The van der Waals surface area contributed by atoms with Gasteiger partial charge >= 0.3 is 0 Å². The summed E-state index contributed by atoms with van der Waals surface area (Å²) in [7, 11) is 0. The SMILES string of the molecule is CC1(CCC(c2ccccc2)c2ccccc2)CC(C(=O)c2ccccc2Cl)CCN1. The van der Waals surface area contributed by atoms with Crippen molar-refractivity contribution in [1.29, 1.82) is 0 Å². The van der Waals surface area contributed by atoms with Gasteiger partial charge in [-0.2, -0.15) is 0 Å². The molecule has 0 spiro atoms. The topological polar surface area (TPSA) is 29.1 Å². The van der Waals surface area contributed by atoms with Crippen LogP contribution >= 0.6 is 11.6 Å². The molecule has 1 saturated heterocycles. The molecule has 2 nitrogen and oxygen atoms in total. The van der Waals surface area contributed by atoms with Gasteiger partial charge in [-0.25, -0.2) is 0 Å². The zero-order valence-electron chi connectivity index (χ0n) is 18.1. The molecule has 0 aromatic heterocycles. The highest BCUT2D eigenvalue weighted by Gasteiger charge is 2.36. The third kappa shape index (κ3) is 5.26. The van der Waals surface area contributed by atoms with Crippen molar-refractivity contribution in [3.8, 4) is 0 Å². The number of rotatable bonds is 7. The van der Waals surface area contributed by atoms with Gasteiger partial charge in [-0.15, -0.1) is 0 Å². The third-order valence-corrected chi connectivity index (χ3v) is 6.97. The number of carbonyl (C=O) groups is 1. The molecule has 3 aromatic rings. The number of ketones is 1. The maximum Gasteiger partial charge on any atom is 0.167 e. The zero-order valence-corrected chi connectivity index (χ0v) is 18.8. The summed E-state index contributed by atoms with van der Waals surface area (Å²) in [6, 6.07) is 28.9. The smallest absolute Gasteiger partial charge is 0.167 e. The second-order valence-electron chi connectivity index (χ2n) is 8.93. The molecule has 3 heteroatoms. The Balaban J connectivity index is 1.49. The molecule has 1 N–H and O–H groups in total. The van der Waals surface area contributed by atoms with Gasteiger partial charge in [0, 0.05) is 22.9 Å². The maximum atomic E-state index is 13.2. The Labute approximate surface area is 190 Å². The Bertz CT molecular complexity index is 964. The first-order valence-electron chi connectivity index (χ1n) is 11.2. The number of nitrogens with one attached hydrogen (secondary N) is 1. The van der Waals surface area contributed by atoms with Gasteiger partial charge in [0.1, 0.15) is 0 Å². The van der Waals surface area contributed by atoms with Gasteiger partial charge in [-0.1, -0.05) is 84.4 Å². The number of benzene rings is 3. The van der Waals surface area contributed by atoms with E-state index in [1.54, 1.807) is 6.07 Å². The number of halogens is 1. The molecule has 1 fully saturated rings. The van der Waals surface area contributed by atoms with E-state index in [2.05, 4.69) is 72.9 Å². The molecule has 3 aromatic carbocycles. The van der Waals surface area contributed by atoms with E-state index in [-0.39, 0.29) is 17.2 Å². The molecule has 1 aliphatic heterocycles. The number of hydrogen-bond donors (Lipinski definition) is 1. The van der Waals surface area contributed by atoms with Crippen LogP contribution in [0.3, 0.4) is 0 Å². The highest BCUT2D eigenvalue weighted by Crippen LogP contribution is 2.36. The summed E-state index contributed by atoms with van der Waals surface area (Å²) in [6.45, 7) is 3.13. The summed E-state index contributed by atoms with van der Waals surface area (Å²) in [5, 5.41) is 4.28. The van der Waals surface area contributed by atoms with E-state index >= 15 is 0 Å². The summed E-state index contributed by atoms with van der Waals surface area (Å²) >= 11 is 6.31. The van der Waals surface area contributed by atoms with Gasteiger partial charge in [0.2, 0.25) is 0 Å². The van der Waals surface area contributed by atoms with Crippen LogP contribution in [0.1, 0.15) is 60.0 Å². The Kier molecular flexibility index (Phi) is 6.89. The molecule has 0 radical (unpaired) electrons. The average molecular weight is 432 g/mol. The Morgan fingerprint density at radius 1 is 0.968 bits per heavy atom. The normalized spacial score (nSPS) is 21.2. The standard InChI is InChI=1S/C28H30ClNO/c1-28(20-23(17-19-30-28)27(31)25-14-8-9-15-26(25)29)18-16-24(21-10-4-2-5-11-21)22-12-6-3-7-13-22/h2-15,23-24,30H,16-20H2,1H3. The quantitative estimate of drug-likeness (QED) is 0.412. The van der Waals surface area contributed by atoms with Crippen LogP contribution in [0, 0.1) is 5.92 Å². The van der Waals surface area contributed by atoms with Gasteiger partial charge in [-0.05, 0) is 62.4 Å². The monoisotopic (exact) mass is 431 g/mol. The molecule has 1 heterocycles. The molecule has 0 amide bonds. The van der Waals surface area contributed by atoms with Gasteiger partial charge < -0.3 is 5.32 Å². The molecule has 31 heavy (non-hydrogen) atoms. The van der Waals surface area contributed by atoms with E-state index in [0.29, 0.717) is 16.5 Å². The molecule has 0 aliphatic carbocycles. The second kappa shape index (κ2) is 9.80. The molecule has 2 unspecified atom stereocenters. The van der Waals surface area contributed by atoms with Crippen LogP contribution in [0.4, 0.5) is 0 Å². The fourth-order valence-electron chi connectivity index (χ4n) is 4.92. The number of carbonyl (C=O) groups excluding carboxylic acids is 1. The van der Waals surface area contributed by atoms with Crippen molar-refractivity contribution < 1.29 is 4.79 Å². The lowest BCUT2D eigenvalue weighted by atomic mass is 9.75. The van der Waals surface area contributed by atoms with Gasteiger partial charge in [0.15, 0.2) is 5.78 Å². The molecule has 160 valence electrons. The highest BCUT2D eigenvalue weighted by atomic mass is 35.5. The van der Waals surface area contributed by atoms with E-state index in [1.807, 2.05) is 18.2 Å². The molecular weight excluding hydrogens is 402 g/mol. The van der Waals surface area contributed by atoms with E-state index in [1.165, 1.54) is 11.1 Å². The maximum absolute atomic E-state index is 13.2. The molecule has 0 bridgehead atoms. The lowest BCUT2D eigenvalue weighted by Crippen LogP contribution is -2.50.